The Kier molecular flexibility index (Phi) is 6.23. The van der Waals surface area contributed by atoms with Gasteiger partial charge in [-0.2, -0.15) is 0 Å². The van der Waals surface area contributed by atoms with Crippen molar-refractivity contribution in [1.29, 1.82) is 0 Å². The molecule has 1 N–H and O–H groups in total. The number of hydrogen-bond acceptors (Lipinski definition) is 5. The lowest BCUT2D eigenvalue weighted by Crippen LogP contribution is -2.46. The van der Waals surface area contributed by atoms with E-state index in [1.54, 1.807) is 19.2 Å². The Labute approximate surface area is 203 Å². The quantitative estimate of drug-likeness (QED) is 0.417. The van der Waals surface area contributed by atoms with Gasteiger partial charge in [0.15, 0.2) is 0 Å². The summed E-state index contributed by atoms with van der Waals surface area (Å²) >= 11 is 6.05. The number of nitrogens with zero attached hydrogens (tertiary/aromatic N) is 3. The predicted molar refractivity (Wildman–Crippen MR) is 139 cm³/mol. The summed E-state index contributed by atoms with van der Waals surface area (Å²) in [5, 5.41) is 5.53. The number of hydrogen-bond donors (Lipinski definition) is 1. The highest BCUT2D eigenvalue weighted by Crippen LogP contribution is 2.28. The molecule has 5 rings (SSSR count). The molecule has 172 valence electrons. The fraction of sp³-hybridized carbons (Fsp3) is 0.185. The maximum atomic E-state index is 12.9. The highest BCUT2D eigenvalue weighted by Gasteiger charge is 2.20. The lowest BCUT2D eigenvalue weighted by molar-refractivity contribution is 0.102. The van der Waals surface area contributed by atoms with Crippen molar-refractivity contribution < 1.29 is 9.53 Å². The number of ether oxygens (including phenoxy) is 1. The van der Waals surface area contributed by atoms with Crippen molar-refractivity contribution >= 4 is 45.5 Å². The first-order valence-electron chi connectivity index (χ1n) is 11.2. The monoisotopic (exact) mass is 472 g/mol. The van der Waals surface area contributed by atoms with Crippen molar-refractivity contribution in [3.8, 4) is 5.75 Å². The molecular formula is C27H25ClN4O2. The average Bonchev–Trinajstić information content (AvgIpc) is 2.88. The molecule has 0 unspecified atom stereocenters. The Morgan fingerprint density at radius 1 is 0.941 bits per heavy atom. The molecule has 1 aliphatic rings. The molecule has 7 heteroatoms. The summed E-state index contributed by atoms with van der Waals surface area (Å²) < 4.78 is 5.27. The van der Waals surface area contributed by atoms with Gasteiger partial charge < -0.3 is 19.9 Å². The first-order valence-corrected chi connectivity index (χ1v) is 11.6. The van der Waals surface area contributed by atoms with Crippen LogP contribution in [0.4, 0.5) is 17.2 Å². The molecule has 0 bridgehead atoms. The van der Waals surface area contributed by atoms with Crippen LogP contribution < -0.4 is 19.9 Å². The third-order valence-corrected chi connectivity index (χ3v) is 6.34. The van der Waals surface area contributed by atoms with Crippen LogP contribution in [0.3, 0.4) is 0 Å². The topological polar surface area (TPSA) is 57.7 Å². The number of fused-ring (bicyclic) bond motifs is 1. The Morgan fingerprint density at radius 2 is 1.71 bits per heavy atom. The number of amides is 1. The predicted octanol–water partition coefficient (Wildman–Crippen LogP) is 5.48. The maximum absolute atomic E-state index is 12.9. The molecule has 34 heavy (non-hydrogen) atoms. The highest BCUT2D eigenvalue weighted by molar-refractivity contribution is 6.31. The minimum Gasteiger partial charge on any atom is -0.497 e. The van der Waals surface area contributed by atoms with Crippen LogP contribution in [0.25, 0.3) is 10.8 Å². The maximum Gasteiger partial charge on any atom is 0.255 e. The van der Waals surface area contributed by atoms with E-state index >= 15 is 0 Å². The molecule has 6 nitrogen and oxygen atoms in total. The third-order valence-electron chi connectivity index (χ3n) is 6.11. The molecular weight excluding hydrogens is 448 g/mol. The van der Waals surface area contributed by atoms with Crippen LogP contribution in [0, 0.1) is 0 Å². The zero-order valence-corrected chi connectivity index (χ0v) is 19.6. The molecule has 0 aliphatic carbocycles. The second-order valence-corrected chi connectivity index (χ2v) is 8.64. The van der Waals surface area contributed by atoms with Gasteiger partial charge in [0.1, 0.15) is 11.6 Å². The van der Waals surface area contributed by atoms with E-state index in [0.717, 1.165) is 48.5 Å². The van der Waals surface area contributed by atoms with Crippen LogP contribution in [0.5, 0.6) is 5.75 Å². The number of rotatable bonds is 5. The van der Waals surface area contributed by atoms with Crippen LogP contribution in [-0.4, -0.2) is 44.2 Å². The van der Waals surface area contributed by atoms with Crippen molar-refractivity contribution in [2.24, 2.45) is 0 Å². The molecule has 0 saturated carbocycles. The first kappa shape index (κ1) is 22.0. The second kappa shape index (κ2) is 9.61. The number of carbonyl (C=O) groups excluding carboxylic acids is 1. The molecule has 1 fully saturated rings. The number of aromatic nitrogens is 1. The second-order valence-electron chi connectivity index (χ2n) is 8.21. The van der Waals surface area contributed by atoms with Gasteiger partial charge in [0.2, 0.25) is 0 Å². The number of anilines is 3. The van der Waals surface area contributed by atoms with Gasteiger partial charge in [-0.1, -0.05) is 23.7 Å². The summed E-state index contributed by atoms with van der Waals surface area (Å²) in [6.07, 6.45) is 1.83. The van der Waals surface area contributed by atoms with Gasteiger partial charge in [-0.3, -0.25) is 4.79 Å². The molecule has 2 heterocycles. The zero-order valence-electron chi connectivity index (χ0n) is 18.9. The van der Waals surface area contributed by atoms with E-state index in [9.17, 15) is 4.79 Å². The van der Waals surface area contributed by atoms with E-state index in [-0.39, 0.29) is 5.91 Å². The molecule has 0 atom stereocenters. The number of piperazine rings is 1. The van der Waals surface area contributed by atoms with E-state index in [4.69, 9.17) is 16.3 Å². The molecule has 1 amide bonds. The van der Waals surface area contributed by atoms with Gasteiger partial charge in [0.05, 0.1) is 7.11 Å². The number of benzene rings is 3. The van der Waals surface area contributed by atoms with Crippen LogP contribution in [-0.2, 0) is 0 Å². The minimum absolute atomic E-state index is 0.178. The summed E-state index contributed by atoms with van der Waals surface area (Å²) in [6.45, 7) is 3.47. The van der Waals surface area contributed by atoms with Crippen molar-refractivity contribution in [3.05, 3.63) is 89.6 Å². The molecule has 3 aromatic carbocycles. The van der Waals surface area contributed by atoms with Crippen LogP contribution >= 0.6 is 11.6 Å². The Hall–Kier alpha value is -3.77. The summed E-state index contributed by atoms with van der Waals surface area (Å²) in [4.78, 5) is 22.2. The number of nitrogens with one attached hydrogen (secondary N) is 1. The highest BCUT2D eigenvalue weighted by atomic mass is 35.5. The number of carbonyl (C=O) groups is 1. The first-order chi connectivity index (χ1) is 16.6. The van der Waals surface area contributed by atoms with Crippen molar-refractivity contribution in [1.82, 2.24) is 4.98 Å². The summed E-state index contributed by atoms with van der Waals surface area (Å²) in [7, 11) is 1.68. The van der Waals surface area contributed by atoms with Gasteiger partial charge in [-0.15, -0.1) is 0 Å². The molecule has 1 aliphatic heterocycles. The lowest BCUT2D eigenvalue weighted by atomic mass is 10.1. The fourth-order valence-electron chi connectivity index (χ4n) is 4.29. The summed E-state index contributed by atoms with van der Waals surface area (Å²) in [5.74, 6) is 1.59. The van der Waals surface area contributed by atoms with Gasteiger partial charge in [-0.05, 0) is 66.0 Å². The van der Waals surface area contributed by atoms with Crippen LogP contribution in [0.1, 0.15) is 10.4 Å². The van der Waals surface area contributed by atoms with Crippen LogP contribution in [0.15, 0.2) is 79.0 Å². The van der Waals surface area contributed by atoms with Gasteiger partial charge in [-0.25, -0.2) is 4.98 Å². The van der Waals surface area contributed by atoms with Crippen molar-refractivity contribution in [2.45, 2.75) is 0 Å². The fourth-order valence-corrected chi connectivity index (χ4v) is 4.48. The van der Waals surface area contributed by atoms with E-state index < -0.39 is 0 Å². The standard InChI is InChI=1S/C27H25ClN4O2/c1-34-24-9-7-23(8-10-24)31-13-15-32(16-14-31)26-25-17-20(6-5-19(25)11-12-29-26)27(33)30-22-4-2-3-21(28)18-22/h2-12,17-18H,13-16H2,1H3,(H,30,33). The van der Waals surface area contributed by atoms with Gasteiger partial charge in [0.25, 0.3) is 5.91 Å². The number of halogens is 1. The Bertz CT molecular complexity index is 1320. The van der Waals surface area contributed by atoms with Crippen LogP contribution in [0.2, 0.25) is 5.02 Å². The zero-order chi connectivity index (χ0) is 23.5. The normalized spacial score (nSPS) is 13.7. The van der Waals surface area contributed by atoms with E-state index in [2.05, 4.69) is 32.2 Å². The molecule has 1 aromatic heterocycles. The average molecular weight is 473 g/mol. The Morgan fingerprint density at radius 3 is 2.44 bits per heavy atom. The van der Waals surface area contributed by atoms with E-state index in [1.807, 2.05) is 54.7 Å². The van der Waals surface area contributed by atoms with E-state index in [0.29, 0.717) is 16.3 Å². The molecule has 1 saturated heterocycles. The van der Waals surface area contributed by atoms with Crippen molar-refractivity contribution in [3.63, 3.8) is 0 Å². The molecule has 0 spiro atoms. The SMILES string of the molecule is COc1ccc(N2CCN(c3nccc4ccc(C(=O)Nc5cccc(Cl)c5)cc34)CC2)cc1. The smallest absolute Gasteiger partial charge is 0.255 e. The molecule has 4 aromatic rings. The Balaban J connectivity index is 1.34. The van der Waals surface area contributed by atoms with Crippen molar-refractivity contribution in [2.75, 3.05) is 48.4 Å². The summed E-state index contributed by atoms with van der Waals surface area (Å²) in [5.41, 5.74) is 2.43. The third kappa shape index (κ3) is 4.63. The number of methoxy groups -OCH3 is 1. The number of pyridine rings is 1. The lowest BCUT2D eigenvalue weighted by Gasteiger charge is -2.37. The molecule has 0 radical (unpaired) electrons. The minimum atomic E-state index is -0.178. The van der Waals surface area contributed by atoms with E-state index in [1.165, 1.54) is 5.69 Å². The van der Waals surface area contributed by atoms with Gasteiger partial charge in [0, 0.05) is 59.7 Å². The largest absolute Gasteiger partial charge is 0.497 e. The summed E-state index contributed by atoms with van der Waals surface area (Å²) in [6, 6.07) is 23.0. The van der Waals surface area contributed by atoms with Gasteiger partial charge >= 0.3 is 0 Å².